The van der Waals surface area contributed by atoms with Crippen molar-refractivity contribution >= 4 is 0 Å². The van der Waals surface area contributed by atoms with Crippen LogP contribution in [0.25, 0.3) is 0 Å². The molecule has 0 saturated carbocycles. The van der Waals surface area contributed by atoms with Crippen LogP contribution in [0.4, 0.5) is 8.78 Å². The maximum atomic E-state index is 12.2. The zero-order valence-electron chi connectivity index (χ0n) is 7.42. The first-order valence-electron chi connectivity index (χ1n) is 3.91. The van der Waals surface area contributed by atoms with E-state index in [1.165, 1.54) is 0 Å². The Kier molecular flexibility index (Phi) is 3.14. The lowest BCUT2D eigenvalue weighted by Gasteiger charge is -2.02. The number of nitrogens with zero attached hydrogens (tertiary/aromatic N) is 2. The first kappa shape index (κ1) is 10.9. The molecule has 0 atom stereocenters. The first-order chi connectivity index (χ1) is 7.10. The third-order valence-corrected chi connectivity index (χ3v) is 1.77. The molecule has 76 valence electrons. The van der Waals surface area contributed by atoms with Crippen molar-refractivity contribution in [1.29, 1.82) is 10.5 Å². The van der Waals surface area contributed by atoms with Crippen LogP contribution in [0.2, 0.25) is 0 Å². The lowest BCUT2D eigenvalue weighted by Crippen LogP contribution is -2.16. The minimum absolute atomic E-state index is 0.0793. The van der Waals surface area contributed by atoms with Crippen LogP contribution in [0.1, 0.15) is 23.2 Å². The molecule has 0 aliphatic rings. The summed E-state index contributed by atoms with van der Waals surface area (Å²) >= 11 is 0. The molecule has 0 aromatic carbocycles. The highest BCUT2D eigenvalue weighted by atomic mass is 19.3. The van der Waals surface area contributed by atoms with Crippen LogP contribution < -0.4 is 5.56 Å². The minimum atomic E-state index is -2.85. The molecule has 0 aliphatic carbocycles. The molecule has 0 saturated heterocycles. The summed E-state index contributed by atoms with van der Waals surface area (Å²) in [6.07, 6.45) is -3.12. The molecule has 1 heterocycles. The highest BCUT2D eigenvalue weighted by molar-refractivity contribution is 5.38. The van der Waals surface area contributed by atoms with Gasteiger partial charge in [-0.25, -0.2) is 8.78 Å². The second kappa shape index (κ2) is 4.34. The number of pyridine rings is 1. The van der Waals surface area contributed by atoms with Crippen LogP contribution in [0.5, 0.6) is 0 Å². The van der Waals surface area contributed by atoms with E-state index in [-0.39, 0.29) is 17.5 Å². The van der Waals surface area contributed by atoms with E-state index in [4.69, 9.17) is 10.5 Å². The van der Waals surface area contributed by atoms with Crippen LogP contribution in [0, 0.1) is 22.7 Å². The van der Waals surface area contributed by atoms with Crippen molar-refractivity contribution in [2.45, 2.75) is 12.8 Å². The topological polar surface area (TPSA) is 80.4 Å². The highest BCUT2D eigenvalue weighted by Crippen LogP contribution is 2.16. The van der Waals surface area contributed by atoms with Crippen LogP contribution in [0.15, 0.2) is 10.9 Å². The van der Waals surface area contributed by atoms with Gasteiger partial charge in [0.1, 0.15) is 0 Å². The third-order valence-electron chi connectivity index (χ3n) is 1.77. The fourth-order valence-corrected chi connectivity index (χ4v) is 1.08. The molecule has 0 fully saturated rings. The van der Waals surface area contributed by atoms with E-state index in [9.17, 15) is 13.6 Å². The van der Waals surface area contributed by atoms with Gasteiger partial charge >= 0.3 is 0 Å². The summed E-state index contributed by atoms with van der Waals surface area (Å²) in [6.45, 7) is 0. The lowest BCUT2D eigenvalue weighted by atomic mass is 10.1. The standard InChI is InChI=1S/C9H5F2N3O/c10-8(11)7-3-5(4-13)6(1-2-12)9(15)14-7/h3,8H,1H2,(H,14,15). The molecule has 0 radical (unpaired) electrons. The van der Waals surface area contributed by atoms with Crippen molar-refractivity contribution in [2.75, 3.05) is 0 Å². The lowest BCUT2D eigenvalue weighted by molar-refractivity contribution is 0.145. The van der Waals surface area contributed by atoms with Crippen molar-refractivity contribution in [3.63, 3.8) is 0 Å². The Morgan fingerprint density at radius 1 is 1.47 bits per heavy atom. The minimum Gasteiger partial charge on any atom is -0.321 e. The molecule has 15 heavy (non-hydrogen) atoms. The van der Waals surface area contributed by atoms with Crippen LogP contribution in [-0.2, 0) is 6.42 Å². The largest absolute Gasteiger partial charge is 0.321 e. The molecule has 1 aromatic rings. The molecule has 6 heteroatoms. The number of hydrogen-bond donors (Lipinski definition) is 1. The number of nitriles is 2. The van der Waals surface area contributed by atoms with Gasteiger partial charge in [-0.15, -0.1) is 0 Å². The molecule has 0 spiro atoms. The predicted octanol–water partition coefficient (Wildman–Crippen LogP) is 1.25. The Hall–Kier alpha value is -2.21. The molecule has 0 unspecified atom stereocenters. The van der Waals surface area contributed by atoms with Crippen molar-refractivity contribution in [1.82, 2.24) is 4.98 Å². The van der Waals surface area contributed by atoms with Gasteiger partial charge in [0.2, 0.25) is 0 Å². The molecule has 1 rings (SSSR count). The Balaban J connectivity index is 3.41. The van der Waals surface area contributed by atoms with E-state index in [0.29, 0.717) is 0 Å². The fraction of sp³-hybridized carbons (Fsp3) is 0.222. The number of H-pyrrole nitrogens is 1. The van der Waals surface area contributed by atoms with Gasteiger partial charge in [-0.1, -0.05) is 0 Å². The Morgan fingerprint density at radius 2 is 2.13 bits per heavy atom. The van der Waals surface area contributed by atoms with Crippen LogP contribution in [0.3, 0.4) is 0 Å². The quantitative estimate of drug-likeness (QED) is 0.795. The summed E-state index contributed by atoms with van der Waals surface area (Å²) in [5, 5.41) is 17.0. The van der Waals surface area contributed by atoms with Gasteiger partial charge in [-0.05, 0) is 6.07 Å². The van der Waals surface area contributed by atoms with Gasteiger partial charge in [-0.3, -0.25) is 4.79 Å². The molecule has 1 aromatic heterocycles. The average molecular weight is 209 g/mol. The molecular weight excluding hydrogens is 204 g/mol. The van der Waals surface area contributed by atoms with Crippen molar-refractivity contribution < 1.29 is 8.78 Å². The van der Waals surface area contributed by atoms with Crippen molar-refractivity contribution in [2.24, 2.45) is 0 Å². The van der Waals surface area contributed by atoms with Gasteiger partial charge < -0.3 is 4.98 Å². The number of rotatable bonds is 2. The Morgan fingerprint density at radius 3 is 2.60 bits per heavy atom. The number of halogens is 2. The van der Waals surface area contributed by atoms with Gasteiger partial charge in [0, 0.05) is 5.56 Å². The smallest absolute Gasteiger partial charge is 0.278 e. The van der Waals surface area contributed by atoms with Gasteiger partial charge in [0.25, 0.3) is 12.0 Å². The molecule has 0 aliphatic heterocycles. The van der Waals surface area contributed by atoms with E-state index < -0.39 is 17.7 Å². The fourth-order valence-electron chi connectivity index (χ4n) is 1.08. The zero-order chi connectivity index (χ0) is 11.4. The summed E-state index contributed by atoms with van der Waals surface area (Å²) in [4.78, 5) is 13.2. The predicted molar refractivity (Wildman–Crippen MR) is 46.1 cm³/mol. The molecular formula is C9H5F2N3O. The summed E-state index contributed by atoms with van der Waals surface area (Å²) in [7, 11) is 0. The van der Waals surface area contributed by atoms with E-state index in [2.05, 4.69) is 0 Å². The van der Waals surface area contributed by atoms with Crippen LogP contribution in [-0.4, -0.2) is 4.98 Å². The zero-order valence-corrected chi connectivity index (χ0v) is 7.42. The van der Waals surface area contributed by atoms with Gasteiger partial charge in [0.15, 0.2) is 0 Å². The summed E-state index contributed by atoms with van der Waals surface area (Å²) in [5.41, 5.74) is -1.69. The second-order valence-electron chi connectivity index (χ2n) is 2.69. The second-order valence-corrected chi connectivity index (χ2v) is 2.69. The maximum Gasteiger partial charge on any atom is 0.278 e. The Labute approximate surface area is 83.4 Å². The van der Waals surface area contributed by atoms with E-state index in [0.717, 1.165) is 6.07 Å². The molecule has 4 nitrogen and oxygen atoms in total. The molecule has 1 N–H and O–H groups in total. The van der Waals surface area contributed by atoms with Gasteiger partial charge in [0.05, 0.1) is 29.8 Å². The number of hydrogen-bond acceptors (Lipinski definition) is 3. The monoisotopic (exact) mass is 209 g/mol. The third kappa shape index (κ3) is 2.18. The molecule has 0 amide bonds. The SMILES string of the molecule is N#CCc1c(C#N)cc(C(F)F)[nH]c1=O. The number of aromatic amines is 1. The number of aromatic nitrogens is 1. The van der Waals surface area contributed by atoms with E-state index >= 15 is 0 Å². The summed E-state index contributed by atoms with van der Waals surface area (Å²) in [5.74, 6) is 0. The number of nitrogens with one attached hydrogen (secondary N) is 1. The molecule has 0 bridgehead atoms. The van der Waals surface area contributed by atoms with Crippen molar-refractivity contribution in [3.05, 3.63) is 33.2 Å². The summed E-state index contributed by atoms with van der Waals surface area (Å²) < 4.78 is 24.5. The maximum absolute atomic E-state index is 12.2. The Bertz CT molecular complexity index is 508. The summed E-state index contributed by atoms with van der Waals surface area (Å²) in [6, 6.07) is 4.19. The van der Waals surface area contributed by atoms with Crippen molar-refractivity contribution in [3.8, 4) is 12.1 Å². The van der Waals surface area contributed by atoms with E-state index in [1.54, 1.807) is 12.1 Å². The normalized spacial score (nSPS) is 9.67. The first-order valence-corrected chi connectivity index (χ1v) is 3.91. The highest BCUT2D eigenvalue weighted by Gasteiger charge is 2.14. The van der Waals surface area contributed by atoms with Crippen LogP contribution >= 0.6 is 0 Å². The van der Waals surface area contributed by atoms with Gasteiger partial charge in [-0.2, -0.15) is 10.5 Å². The number of alkyl halides is 2. The average Bonchev–Trinajstić information content (AvgIpc) is 2.20. The van der Waals surface area contributed by atoms with E-state index in [1.807, 2.05) is 4.98 Å².